The zero-order valence-electron chi connectivity index (χ0n) is 14.8. The predicted molar refractivity (Wildman–Crippen MR) is 92.4 cm³/mol. The molecule has 18 heavy (non-hydrogen) atoms. The fourth-order valence-corrected chi connectivity index (χ4v) is 0. The second-order valence-corrected chi connectivity index (χ2v) is 3.09. The molecule has 0 heterocycles. The molecule has 2 nitrogen and oxygen atoms in total. The summed E-state index contributed by atoms with van der Waals surface area (Å²) in [4.78, 5) is 8.24. The Kier molecular flexibility index (Phi) is 305. The quantitative estimate of drug-likeness (QED) is 0.533. The number of aliphatic hydroxyl groups excluding tert-OH is 1. The molecule has 0 saturated heterocycles. The van der Waals surface area contributed by atoms with E-state index in [-0.39, 0.29) is 113 Å². The maximum absolute atomic E-state index is 8.24. The van der Waals surface area contributed by atoms with E-state index in [0.717, 1.165) is 0 Å². The summed E-state index contributed by atoms with van der Waals surface area (Å²) >= 11 is 0. The van der Waals surface area contributed by atoms with Crippen LogP contribution in [-0.4, -0.2) is 87.1 Å². The largest absolute Gasteiger partial charge is 2.00 e. The second kappa shape index (κ2) is 76.0. The van der Waals surface area contributed by atoms with Crippen LogP contribution in [0.5, 0.6) is 0 Å². The van der Waals surface area contributed by atoms with Gasteiger partial charge >= 0.3 is 75.5 Å². The summed E-state index contributed by atoms with van der Waals surface area (Å²) in [5.41, 5.74) is 0. The molecule has 0 rings (SSSR count). The fraction of sp³-hybridized carbons (Fsp3) is 0.429. The Morgan fingerprint density at radius 3 is 0.667 bits per heavy atom. The van der Waals surface area contributed by atoms with Crippen LogP contribution in [0.25, 0.3) is 0 Å². The molecule has 1 N–H and O–H groups in total. The molecule has 0 aliphatic carbocycles. The molecule has 0 unspecified atom stereocenters. The zero-order valence-corrected chi connectivity index (χ0v) is 19.2. The molecule has 0 spiro atoms. The standard InChI is InChI=1S/2C4H9.CHO2.5CH3.2Ca/c2*1-4(2)3;2-1-3;;;;;;;/h2*1-3H3;(H,2,3);5*1H3;;/q8*-1;2*+2. The summed E-state index contributed by atoms with van der Waals surface area (Å²) in [6.45, 7) is 13.0. The summed E-state index contributed by atoms with van der Waals surface area (Å²) in [6.07, 6.45) is 0. The monoisotopic (exact) mass is 314 g/mol. The molecule has 0 aromatic carbocycles. The van der Waals surface area contributed by atoms with E-state index in [1.165, 1.54) is 11.8 Å². The van der Waals surface area contributed by atoms with Gasteiger partial charge in [-0.15, -0.1) is 0 Å². The third-order valence-electron chi connectivity index (χ3n) is 0. The van der Waals surface area contributed by atoms with Gasteiger partial charge in [-0.1, -0.05) is 6.47 Å². The van der Waals surface area contributed by atoms with Gasteiger partial charge in [0.1, 0.15) is 0 Å². The van der Waals surface area contributed by atoms with Crippen LogP contribution >= 0.6 is 0 Å². The molecular formula is C14H34Ca2O2-4. The Morgan fingerprint density at radius 2 is 0.667 bits per heavy atom. The van der Waals surface area contributed by atoms with Crippen LogP contribution in [0.3, 0.4) is 0 Å². The van der Waals surface area contributed by atoms with Crippen molar-refractivity contribution in [2.24, 2.45) is 0 Å². The van der Waals surface area contributed by atoms with Gasteiger partial charge in [0.15, 0.2) is 0 Å². The van der Waals surface area contributed by atoms with Crippen LogP contribution < -0.4 is 0 Å². The summed E-state index contributed by atoms with van der Waals surface area (Å²) in [7, 11) is 0. The number of rotatable bonds is 0. The minimum atomic E-state index is 0. The molecule has 0 aliphatic heterocycles. The molecule has 0 aliphatic rings. The van der Waals surface area contributed by atoms with E-state index < -0.39 is 0 Å². The van der Waals surface area contributed by atoms with Crippen molar-refractivity contribution in [3.8, 4) is 0 Å². The van der Waals surface area contributed by atoms with E-state index in [4.69, 9.17) is 9.90 Å². The maximum atomic E-state index is 8.24. The zero-order chi connectivity index (χ0) is 9.86. The van der Waals surface area contributed by atoms with Gasteiger partial charge in [0.2, 0.25) is 0 Å². The summed E-state index contributed by atoms with van der Waals surface area (Å²) in [5.74, 6) is 2.83. The molecular weight excluding hydrogens is 280 g/mol. The van der Waals surface area contributed by atoms with Gasteiger partial charge < -0.3 is 58.9 Å². The third kappa shape index (κ3) is 1310. The van der Waals surface area contributed by atoms with Gasteiger partial charge in [-0.2, -0.15) is 41.5 Å². The molecule has 4 heteroatoms. The summed E-state index contributed by atoms with van der Waals surface area (Å²) in [5, 5.41) is 6.76. The molecule has 0 atom stereocenters. The molecule has 0 fully saturated rings. The molecule has 110 valence electrons. The van der Waals surface area contributed by atoms with E-state index >= 15 is 0 Å². The minimum absolute atomic E-state index is 0. The van der Waals surface area contributed by atoms with E-state index in [0.29, 0.717) is 6.47 Å². The fourth-order valence-electron chi connectivity index (χ4n) is 0. The molecule has 0 amide bonds. The first kappa shape index (κ1) is 72.2. The summed E-state index contributed by atoms with van der Waals surface area (Å²) < 4.78 is 0. The van der Waals surface area contributed by atoms with Crippen LogP contribution in [0, 0.1) is 49.0 Å². The van der Waals surface area contributed by atoms with Crippen molar-refractivity contribution >= 4 is 81.9 Å². The minimum Gasteiger partial charge on any atom is -0.665 e. The normalized spacial score (nSPS) is 4.67. The van der Waals surface area contributed by atoms with Gasteiger partial charge in [0.05, 0.1) is 0 Å². The van der Waals surface area contributed by atoms with Crippen LogP contribution in [0.1, 0.15) is 41.5 Å². The van der Waals surface area contributed by atoms with Crippen molar-refractivity contribution in [2.45, 2.75) is 41.5 Å². The van der Waals surface area contributed by atoms with Crippen molar-refractivity contribution in [3.63, 3.8) is 0 Å². The van der Waals surface area contributed by atoms with Gasteiger partial charge in [-0.05, 0) is 0 Å². The van der Waals surface area contributed by atoms with Crippen molar-refractivity contribution in [3.05, 3.63) is 49.0 Å². The SMILES string of the molecule is C[C-](C)C.C[C-](C)C.O=[C-]O.[CH3-].[CH3-].[CH3-].[CH3-].[CH3-].[Ca+2].[Ca+2]. The Labute approximate surface area is 180 Å². The smallest absolute Gasteiger partial charge is 0.665 e. The Morgan fingerprint density at radius 1 is 0.667 bits per heavy atom. The first-order valence-electron chi connectivity index (χ1n) is 3.43. The van der Waals surface area contributed by atoms with Crippen molar-refractivity contribution in [1.29, 1.82) is 0 Å². The first-order valence-corrected chi connectivity index (χ1v) is 3.43. The summed E-state index contributed by atoms with van der Waals surface area (Å²) in [6, 6.07) is 0. The first-order chi connectivity index (χ1) is 4.88. The van der Waals surface area contributed by atoms with Crippen molar-refractivity contribution in [1.82, 2.24) is 0 Å². The Balaban J connectivity index is -0.00000000562. The molecule has 0 aromatic rings. The average molecular weight is 315 g/mol. The van der Waals surface area contributed by atoms with Crippen molar-refractivity contribution < 1.29 is 9.90 Å². The van der Waals surface area contributed by atoms with Gasteiger partial charge in [0.25, 0.3) is 0 Å². The maximum Gasteiger partial charge on any atom is 2.00 e. The van der Waals surface area contributed by atoms with Crippen LogP contribution in [-0.2, 0) is 4.79 Å². The van der Waals surface area contributed by atoms with Gasteiger partial charge in [-0.25, -0.2) is 0 Å². The molecule has 0 bridgehead atoms. The van der Waals surface area contributed by atoms with Crippen LogP contribution in [0.2, 0.25) is 0 Å². The van der Waals surface area contributed by atoms with Gasteiger partial charge in [-0.3, -0.25) is 0 Å². The van der Waals surface area contributed by atoms with Gasteiger partial charge in [0, 0.05) is 0 Å². The molecule has 0 radical (unpaired) electrons. The number of hydrogen-bond donors (Lipinski definition) is 1. The van der Waals surface area contributed by atoms with Crippen molar-refractivity contribution in [2.75, 3.05) is 0 Å². The molecule has 0 saturated carbocycles. The van der Waals surface area contributed by atoms with E-state index in [2.05, 4.69) is 41.5 Å². The van der Waals surface area contributed by atoms with E-state index in [1.54, 1.807) is 0 Å². The predicted octanol–water partition coefficient (Wildman–Crippen LogP) is 4.34. The van der Waals surface area contributed by atoms with Crippen LogP contribution in [0.4, 0.5) is 0 Å². The van der Waals surface area contributed by atoms with E-state index in [9.17, 15) is 0 Å². The average Bonchev–Trinajstić information content (AvgIpc) is 1.60. The topological polar surface area (TPSA) is 37.3 Å². The Hall–Kier alpha value is 1.99. The number of hydrogen-bond acceptors (Lipinski definition) is 1. The Bertz CT molecular complexity index is 57.3. The molecule has 0 aromatic heterocycles. The van der Waals surface area contributed by atoms with Crippen LogP contribution in [0.15, 0.2) is 0 Å². The second-order valence-electron chi connectivity index (χ2n) is 3.09. The third-order valence-corrected chi connectivity index (χ3v) is 0. The van der Waals surface area contributed by atoms with E-state index in [1.807, 2.05) is 0 Å².